The molecule has 10 heteroatoms. The molecule has 0 bridgehead atoms. The summed E-state index contributed by atoms with van der Waals surface area (Å²) < 4.78 is 6.15. The lowest BCUT2D eigenvalue weighted by atomic mass is 10.1. The Morgan fingerprint density at radius 3 is 2.79 bits per heavy atom. The van der Waals surface area contributed by atoms with E-state index in [1.54, 1.807) is 24.5 Å². The van der Waals surface area contributed by atoms with Crippen LogP contribution in [0.2, 0.25) is 0 Å². The number of nitro benzene ring substituents is 1. The maximum absolute atomic E-state index is 12.6. The average Bonchev–Trinajstić information content (AvgIpc) is 3.33. The minimum Gasteiger partial charge on any atom is -0.468 e. The van der Waals surface area contributed by atoms with Crippen molar-refractivity contribution in [2.75, 3.05) is 20.6 Å². The number of hydrogen-bond acceptors (Lipinski definition) is 8. The second kappa shape index (κ2) is 9.21. The number of thiazole rings is 1. The number of carbonyl (C=O) groups is 1. The Bertz CT molecular complexity index is 1000. The SMILES string of the molecule is Cc1csc(Sc2ccc(C(=O)NCC(c3ccco3)N(C)C)cc2[N+](=O)[O-])n1. The van der Waals surface area contributed by atoms with Crippen molar-refractivity contribution in [3.8, 4) is 0 Å². The summed E-state index contributed by atoms with van der Waals surface area (Å²) in [6.45, 7) is 2.17. The van der Waals surface area contributed by atoms with E-state index >= 15 is 0 Å². The number of amides is 1. The van der Waals surface area contributed by atoms with E-state index in [4.69, 9.17) is 4.42 Å². The molecule has 8 nitrogen and oxygen atoms in total. The molecule has 1 atom stereocenters. The highest BCUT2D eigenvalue weighted by atomic mass is 32.2. The number of benzene rings is 1. The Kier molecular flexibility index (Phi) is 6.68. The minimum absolute atomic E-state index is 0.120. The summed E-state index contributed by atoms with van der Waals surface area (Å²) >= 11 is 2.64. The van der Waals surface area contributed by atoms with Crippen LogP contribution >= 0.6 is 23.1 Å². The molecule has 1 aromatic carbocycles. The third kappa shape index (κ3) is 5.22. The first-order valence-electron chi connectivity index (χ1n) is 8.71. The molecule has 3 aromatic rings. The second-order valence-corrected chi connectivity index (χ2v) is 8.65. The third-order valence-corrected chi connectivity index (χ3v) is 6.29. The molecule has 0 fully saturated rings. The lowest BCUT2D eigenvalue weighted by Gasteiger charge is -2.22. The fourth-order valence-electron chi connectivity index (χ4n) is 2.67. The van der Waals surface area contributed by atoms with Gasteiger partial charge in [0.05, 0.1) is 22.1 Å². The Morgan fingerprint density at radius 2 is 2.21 bits per heavy atom. The van der Waals surface area contributed by atoms with Crippen LogP contribution in [0.4, 0.5) is 5.69 Å². The van der Waals surface area contributed by atoms with Gasteiger partial charge in [-0.05, 0) is 45.3 Å². The molecule has 1 amide bonds. The lowest BCUT2D eigenvalue weighted by Crippen LogP contribution is -2.34. The minimum atomic E-state index is -0.481. The standard InChI is InChI=1S/C19H20N4O4S2/c1-12-11-28-19(21-12)29-17-7-6-13(9-14(17)23(25)26)18(24)20-10-15(22(2)3)16-5-4-8-27-16/h4-9,11,15H,10H2,1-3H3,(H,20,24). The van der Waals surface area contributed by atoms with Crippen LogP contribution in [0.25, 0.3) is 0 Å². The fraction of sp³-hybridized carbons (Fsp3) is 0.263. The lowest BCUT2D eigenvalue weighted by molar-refractivity contribution is -0.387. The largest absolute Gasteiger partial charge is 0.468 e. The number of aryl methyl sites for hydroxylation is 1. The molecular weight excluding hydrogens is 412 g/mol. The van der Waals surface area contributed by atoms with Crippen LogP contribution in [0.3, 0.4) is 0 Å². The summed E-state index contributed by atoms with van der Waals surface area (Å²) in [4.78, 5) is 30.3. The zero-order valence-electron chi connectivity index (χ0n) is 16.1. The van der Waals surface area contributed by atoms with Gasteiger partial charge in [-0.2, -0.15) is 0 Å². The van der Waals surface area contributed by atoms with E-state index in [9.17, 15) is 14.9 Å². The van der Waals surface area contributed by atoms with Gasteiger partial charge in [-0.25, -0.2) is 4.98 Å². The van der Waals surface area contributed by atoms with Crippen LogP contribution in [0, 0.1) is 17.0 Å². The van der Waals surface area contributed by atoms with E-state index in [0.29, 0.717) is 11.4 Å². The normalized spacial score (nSPS) is 12.1. The van der Waals surface area contributed by atoms with Crippen molar-refractivity contribution in [2.24, 2.45) is 0 Å². The number of aromatic nitrogens is 1. The number of furan rings is 1. The molecule has 0 spiro atoms. The summed E-state index contributed by atoms with van der Waals surface area (Å²) in [7, 11) is 3.77. The Morgan fingerprint density at radius 1 is 1.41 bits per heavy atom. The molecule has 0 saturated carbocycles. The van der Waals surface area contributed by atoms with Gasteiger partial charge in [0.2, 0.25) is 0 Å². The molecular formula is C19H20N4O4S2. The second-order valence-electron chi connectivity index (χ2n) is 6.50. The maximum Gasteiger partial charge on any atom is 0.284 e. The van der Waals surface area contributed by atoms with Crippen molar-refractivity contribution in [2.45, 2.75) is 22.2 Å². The van der Waals surface area contributed by atoms with Gasteiger partial charge in [0, 0.05) is 29.2 Å². The van der Waals surface area contributed by atoms with Gasteiger partial charge in [-0.15, -0.1) is 11.3 Å². The first-order chi connectivity index (χ1) is 13.8. The van der Waals surface area contributed by atoms with Gasteiger partial charge < -0.3 is 9.73 Å². The topological polar surface area (TPSA) is 102 Å². The van der Waals surface area contributed by atoms with Crippen LogP contribution in [0.1, 0.15) is 27.9 Å². The molecule has 0 saturated heterocycles. The Balaban J connectivity index is 1.75. The molecule has 0 aliphatic rings. The quantitative estimate of drug-likeness (QED) is 0.422. The van der Waals surface area contributed by atoms with E-state index in [-0.39, 0.29) is 23.2 Å². The Labute approximate surface area is 176 Å². The molecule has 29 heavy (non-hydrogen) atoms. The van der Waals surface area contributed by atoms with Crippen molar-refractivity contribution in [3.63, 3.8) is 0 Å². The molecule has 1 N–H and O–H groups in total. The molecule has 3 rings (SSSR count). The number of hydrogen-bond donors (Lipinski definition) is 1. The van der Waals surface area contributed by atoms with Crippen LogP contribution in [-0.2, 0) is 0 Å². The molecule has 152 valence electrons. The summed E-state index contributed by atoms with van der Waals surface area (Å²) in [5.41, 5.74) is 0.974. The average molecular weight is 433 g/mol. The number of nitro groups is 1. The Hall–Kier alpha value is -2.69. The molecule has 0 radical (unpaired) electrons. The highest BCUT2D eigenvalue weighted by Gasteiger charge is 2.21. The predicted octanol–water partition coefficient (Wildman–Crippen LogP) is 4.14. The van der Waals surface area contributed by atoms with Crippen molar-refractivity contribution in [1.82, 2.24) is 15.2 Å². The smallest absolute Gasteiger partial charge is 0.284 e. The zero-order chi connectivity index (χ0) is 21.0. The predicted molar refractivity (Wildman–Crippen MR) is 112 cm³/mol. The van der Waals surface area contributed by atoms with Crippen LogP contribution in [-0.4, -0.2) is 41.4 Å². The first-order valence-corrected chi connectivity index (χ1v) is 10.4. The summed E-state index contributed by atoms with van der Waals surface area (Å²) in [6, 6.07) is 7.96. The van der Waals surface area contributed by atoms with Crippen LogP contribution < -0.4 is 5.32 Å². The highest BCUT2D eigenvalue weighted by Crippen LogP contribution is 2.36. The van der Waals surface area contributed by atoms with Gasteiger partial charge in [0.1, 0.15) is 5.76 Å². The molecule has 2 heterocycles. The van der Waals surface area contributed by atoms with Crippen molar-refractivity contribution >= 4 is 34.7 Å². The highest BCUT2D eigenvalue weighted by molar-refractivity contribution is 8.01. The monoisotopic (exact) mass is 432 g/mol. The first kappa shape index (κ1) is 21.0. The molecule has 0 aliphatic heterocycles. The van der Waals surface area contributed by atoms with Crippen molar-refractivity contribution in [3.05, 3.63) is 69.1 Å². The molecule has 1 unspecified atom stereocenters. The third-order valence-electron chi connectivity index (χ3n) is 4.16. The summed E-state index contributed by atoms with van der Waals surface area (Å²) in [6.07, 6.45) is 1.58. The number of nitrogens with one attached hydrogen (secondary N) is 1. The number of likely N-dealkylation sites (N-methyl/N-ethyl adjacent to an activating group) is 1. The zero-order valence-corrected chi connectivity index (χ0v) is 17.8. The van der Waals surface area contributed by atoms with Gasteiger partial charge >= 0.3 is 0 Å². The van der Waals surface area contributed by atoms with E-state index in [2.05, 4.69) is 10.3 Å². The molecule has 2 aromatic heterocycles. The van der Waals surface area contributed by atoms with E-state index in [1.807, 2.05) is 37.4 Å². The van der Waals surface area contributed by atoms with Crippen LogP contribution in [0.5, 0.6) is 0 Å². The summed E-state index contributed by atoms with van der Waals surface area (Å²) in [5.74, 6) is 0.347. The fourth-order valence-corrected chi connectivity index (χ4v) is 4.55. The summed E-state index contributed by atoms with van der Waals surface area (Å²) in [5, 5.41) is 16.2. The number of carbonyl (C=O) groups excluding carboxylic acids is 1. The number of nitrogens with zero attached hydrogens (tertiary/aromatic N) is 3. The van der Waals surface area contributed by atoms with Gasteiger partial charge in [-0.3, -0.25) is 19.8 Å². The van der Waals surface area contributed by atoms with Gasteiger partial charge in [0.25, 0.3) is 11.6 Å². The van der Waals surface area contributed by atoms with E-state index in [1.165, 1.54) is 29.2 Å². The van der Waals surface area contributed by atoms with Gasteiger partial charge in [-0.1, -0.05) is 11.8 Å². The van der Waals surface area contributed by atoms with Crippen molar-refractivity contribution < 1.29 is 14.1 Å². The maximum atomic E-state index is 12.6. The van der Waals surface area contributed by atoms with E-state index in [0.717, 1.165) is 15.8 Å². The number of rotatable bonds is 8. The van der Waals surface area contributed by atoms with Crippen molar-refractivity contribution in [1.29, 1.82) is 0 Å². The molecule has 0 aliphatic carbocycles. The van der Waals surface area contributed by atoms with Gasteiger partial charge in [0.15, 0.2) is 4.34 Å². The van der Waals surface area contributed by atoms with E-state index < -0.39 is 4.92 Å². The van der Waals surface area contributed by atoms with Crippen LogP contribution in [0.15, 0.2) is 55.6 Å².